The Morgan fingerprint density at radius 1 is 0.295 bits per heavy atom. The Hall–Kier alpha value is -8.28. The summed E-state index contributed by atoms with van der Waals surface area (Å²) in [6.07, 6.45) is 0. The van der Waals surface area contributed by atoms with Crippen molar-refractivity contribution in [3.8, 4) is 90.1 Å². The van der Waals surface area contributed by atoms with Gasteiger partial charge < -0.3 is 4.42 Å². The van der Waals surface area contributed by atoms with Gasteiger partial charge in [-0.2, -0.15) is 0 Å². The second-order valence-corrected chi connectivity index (χ2v) is 15.0. The van der Waals surface area contributed by atoms with Crippen molar-refractivity contribution in [2.24, 2.45) is 0 Å². The Morgan fingerprint density at radius 3 is 1.26 bits per heavy atom. The van der Waals surface area contributed by atoms with E-state index >= 15 is 0 Å². The molecule has 0 aliphatic rings. The fourth-order valence-electron chi connectivity index (χ4n) is 8.12. The molecule has 5 nitrogen and oxygen atoms in total. The summed E-state index contributed by atoms with van der Waals surface area (Å²) in [6.45, 7) is 0. The van der Waals surface area contributed by atoms with Crippen molar-refractivity contribution >= 4 is 21.9 Å². The topological polar surface area (TPSA) is 64.7 Å². The van der Waals surface area contributed by atoms with Crippen molar-refractivity contribution in [1.82, 2.24) is 19.9 Å². The zero-order chi connectivity index (χ0) is 40.5. The lowest BCUT2D eigenvalue weighted by Crippen LogP contribution is -2.00. The number of hydrogen-bond donors (Lipinski definition) is 0. The molecule has 3 aromatic heterocycles. The van der Waals surface area contributed by atoms with E-state index in [4.69, 9.17) is 24.4 Å². The van der Waals surface area contributed by atoms with Crippen molar-refractivity contribution in [3.05, 3.63) is 218 Å². The first-order valence-electron chi connectivity index (χ1n) is 20.4. The lowest BCUT2D eigenvalue weighted by atomic mass is 9.94. The zero-order valence-electron chi connectivity index (χ0n) is 33.0. The molecule has 8 aromatic carbocycles. The largest absolute Gasteiger partial charge is 0.455 e. The van der Waals surface area contributed by atoms with Gasteiger partial charge >= 0.3 is 0 Å². The molecule has 0 atom stereocenters. The number of fused-ring (bicyclic) bond motifs is 3. The first-order chi connectivity index (χ1) is 30.2. The number of aromatic nitrogens is 4. The van der Waals surface area contributed by atoms with E-state index in [1.165, 1.54) is 0 Å². The Balaban J connectivity index is 1.09. The molecule has 0 aliphatic heterocycles. The molecular formula is C56H36N4O. The Labute approximate surface area is 353 Å². The molecule has 0 fully saturated rings. The molecule has 0 unspecified atom stereocenters. The van der Waals surface area contributed by atoms with Gasteiger partial charge in [0.1, 0.15) is 11.3 Å². The maximum absolute atomic E-state index is 6.96. The minimum absolute atomic E-state index is 0.568. The fraction of sp³-hybridized carbons (Fsp3) is 0. The van der Waals surface area contributed by atoms with Gasteiger partial charge in [0.25, 0.3) is 0 Å². The fourth-order valence-corrected chi connectivity index (χ4v) is 8.12. The third-order valence-corrected chi connectivity index (χ3v) is 11.2. The van der Waals surface area contributed by atoms with Crippen LogP contribution in [0.2, 0.25) is 0 Å². The number of rotatable bonds is 8. The van der Waals surface area contributed by atoms with Crippen LogP contribution in [0, 0.1) is 0 Å². The molecule has 286 valence electrons. The SMILES string of the molecule is c1ccc(-c2ccc(-c3nc(-c4ccc(-c5ccccc5)cc4)nc(-c4cccc(-c5nc6ccccc6c6oc(-c7ccccc7)c(-c7ccccc7)c56)c4)n3)cc2)cc1. The van der Waals surface area contributed by atoms with Crippen LogP contribution < -0.4 is 0 Å². The van der Waals surface area contributed by atoms with Gasteiger partial charge in [-0.1, -0.05) is 200 Å². The van der Waals surface area contributed by atoms with Crippen LogP contribution in [0.1, 0.15) is 0 Å². The molecular weight excluding hydrogens is 745 g/mol. The average Bonchev–Trinajstić information content (AvgIpc) is 3.76. The van der Waals surface area contributed by atoms with E-state index in [-0.39, 0.29) is 0 Å². The summed E-state index contributed by atoms with van der Waals surface area (Å²) in [5.41, 5.74) is 13.7. The molecule has 3 heterocycles. The highest BCUT2D eigenvalue weighted by atomic mass is 16.3. The second-order valence-electron chi connectivity index (χ2n) is 15.0. The normalized spacial score (nSPS) is 11.3. The number of hydrogen-bond acceptors (Lipinski definition) is 5. The van der Waals surface area contributed by atoms with E-state index in [1.807, 2.05) is 54.6 Å². The predicted octanol–water partition coefficient (Wildman–Crippen LogP) is 14.5. The lowest BCUT2D eigenvalue weighted by Gasteiger charge is -2.12. The van der Waals surface area contributed by atoms with Gasteiger partial charge in [0.2, 0.25) is 0 Å². The summed E-state index contributed by atoms with van der Waals surface area (Å²) in [7, 11) is 0. The Kier molecular flexibility index (Phi) is 9.10. The Bertz CT molecular complexity index is 3210. The number of para-hydroxylation sites is 1. The van der Waals surface area contributed by atoms with Gasteiger partial charge in [0.05, 0.1) is 16.6 Å². The maximum atomic E-state index is 6.96. The minimum Gasteiger partial charge on any atom is -0.455 e. The number of benzene rings is 8. The van der Waals surface area contributed by atoms with Gasteiger partial charge in [-0.05, 0) is 46.0 Å². The molecule has 61 heavy (non-hydrogen) atoms. The number of nitrogens with zero attached hydrogens (tertiary/aromatic N) is 4. The Morgan fingerprint density at radius 2 is 0.705 bits per heavy atom. The van der Waals surface area contributed by atoms with E-state index in [1.54, 1.807) is 0 Å². The van der Waals surface area contributed by atoms with E-state index < -0.39 is 0 Å². The lowest BCUT2D eigenvalue weighted by molar-refractivity contribution is 0.636. The van der Waals surface area contributed by atoms with Crippen molar-refractivity contribution in [2.75, 3.05) is 0 Å². The van der Waals surface area contributed by atoms with Crippen LogP contribution in [-0.4, -0.2) is 19.9 Å². The predicted molar refractivity (Wildman–Crippen MR) is 248 cm³/mol. The molecule has 11 rings (SSSR count). The van der Waals surface area contributed by atoms with Crippen LogP contribution in [-0.2, 0) is 0 Å². The molecule has 5 heteroatoms. The van der Waals surface area contributed by atoms with E-state index in [9.17, 15) is 0 Å². The summed E-state index contributed by atoms with van der Waals surface area (Å²) in [5, 5.41) is 1.91. The van der Waals surface area contributed by atoms with Crippen molar-refractivity contribution in [2.45, 2.75) is 0 Å². The summed E-state index contributed by atoms with van der Waals surface area (Å²) in [4.78, 5) is 20.8. The van der Waals surface area contributed by atoms with Crippen molar-refractivity contribution in [3.63, 3.8) is 0 Å². The third kappa shape index (κ3) is 6.84. The summed E-state index contributed by atoms with van der Waals surface area (Å²) in [5.74, 6) is 2.56. The van der Waals surface area contributed by atoms with E-state index in [0.29, 0.717) is 17.5 Å². The molecule has 0 saturated carbocycles. The number of furan rings is 1. The highest BCUT2D eigenvalue weighted by Crippen LogP contribution is 2.47. The first-order valence-corrected chi connectivity index (χ1v) is 20.4. The van der Waals surface area contributed by atoms with Gasteiger partial charge in [0.15, 0.2) is 17.5 Å². The van der Waals surface area contributed by atoms with Gasteiger partial charge in [-0.15, -0.1) is 0 Å². The molecule has 0 aliphatic carbocycles. The third-order valence-electron chi connectivity index (χ3n) is 11.2. The summed E-state index contributed by atoms with van der Waals surface area (Å²) in [6, 6.07) is 74.9. The molecule has 0 bridgehead atoms. The van der Waals surface area contributed by atoms with Crippen molar-refractivity contribution in [1.29, 1.82) is 0 Å². The van der Waals surface area contributed by atoms with E-state index in [0.717, 1.165) is 94.5 Å². The van der Waals surface area contributed by atoms with E-state index in [2.05, 4.69) is 164 Å². The van der Waals surface area contributed by atoms with Crippen LogP contribution in [0.5, 0.6) is 0 Å². The molecule has 0 N–H and O–H groups in total. The highest BCUT2D eigenvalue weighted by molar-refractivity contribution is 6.16. The second kappa shape index (κ2) is 15.5. The quantitative estimate of drug-likeness (QED) is 0.154. The van der Waals surface area contributed by atoms with Crippen LogP contribution >= 0.6 is 0 Å². The molecule has 0 saturated heterocycles. The first kappa shape index (κ1) is 35.8. The minimum atomic E-state index is 0.568. The average molecular weight is 781 g/mol. The zero-order valence-corrected chi connectivity index (χ0v) is 33.0. The van der Waals surface area contributed by atoms with Crippen LogP contribution in [0.15, 0.2) is 223 Å². The standard InChI is InChI=1S/C56H36N4O/c1-5-16-37(17-6-1)39-28-32-43(33-29-39)54-58-55(44-34-30-40(31-35-44)38-18-7-2-8-19-38)60-56(59-54)46-25-15-24-45(36-46)51-50-49(41-20-9-3-10-21-41)52(42-22-11-4-12-23-42)61-53(50)47-26-13-14-27-48(47)57-51/h1-36H. The van der Waals surface area contributed by atoms with Gasteiger partial charge in [0, 0.05) is 38.8 Å². The molecule has 0 amide bonds. The van der Waals surface area contributed by atoms with Gasteiger partial charge in [-0.3, -0.25) is 0 Å². The molecule has 0 spiro atoms. The van der Waals surface area contributed by atoms with Crippen LogP contribution in [0.3, 0.4) is 0 Å². The monoisotopic (exact) mass is 780 g/mol. The molecule has 11 aromatic rings. The summed E-state index contributed by atoms with van der Waals surface area (Å²) < 4.78 is 6.96. The van der Waals surface area contributed by atoms with Crippen LogP contribution in [0.4, 0.5) is 0 Å². The number of pyridine rings is 1. The highest BCUT2D eigenvalue weighted by Gasteiger charge is 2.24. The molecule has 0 radical (unpaired) electrons. The summed E-state index contributed by atoms with van der Waals surface area (Å²) >= 11 is 0. The van der Waals surface area contributed by atoms with Crippen molar-refractivity contribution < 1.29 is 4.42 Å². The maximum Gasteiger partial charge on any atom is 0.164 e. The van der Waals surface area contributed by atoms with Gasteiger partial charge in [-0.25, -0.2) is 19.9 Å². The van der Waals surface area contributed by atoms with Crippen LogP contribution in [0.25, 0.3) is 112 Å². The smallest absolute Gasteiger partial charge is 0.164 e.